The first kappa shape index (κ1) is 21.7. The van der Waals surface area contributed by atoms with Crippen LogP contribution in [-0.2, 0) is 13.5 Å². The molecule has 0 fully saturated rings. The lowest BCUT2D eigenvalue weighted by Crippen LogP contribution is -2.36. The lowest BCUT2D eigenvalue weighted by atomic mass is 9.88. The molecule has 0 aliphatic rings. The van der Waals surface area contributed by atoms with Gasteiger partial charge in [-0.25, -0.2) is 4.79 Å². The maximum Gasteiger partial charge on any atom is 0.356 e. The highest BCUT2D eigenvalue weighted by Crippen LogP contribution is 2.30. The topological polar surface area (TPSA) is 46.5 Å². The van der Waals surface area contributed by atoms with Gasteiger partial charge < -0.3 is 8.17 Å². The van der Waals surface area contributed by atoms with Gasteiger partial charge in [0.2, 0.25) is 5.60 Å². The molecule has 4 heteroatoms. The van der Waals surface area contributed by atoms with Gasteiger partial charge in [0.05, 0.1) is 0 Å². The molecule has 1 unspecified atom stereocenters. The summed E-state index contributed by atoms with van der Waals surface area (Å²) >= 11 is 1.45. The van der Waals surface area contributed by atoms with Crippen LogP contribution in [0.25, 0.3) is 0 Å². The molecule has 1 atom stereocenters. The predicted octanol–water partition coefficient (Wildman–Crippen LogP) is 4.18. The van der Waals surface area contributed by atoms with Crippen LogP contribution in [0.4, 0.5) is 0 Å². The predicted molar refractivity (Wildman–Crippen MR) is 95.6 cm³/mol. The van der Waals surface area contributed by atoms with Crippen LogP contribution < -0.4 is 0 Å². The molecule has 1 N–H and O–H groups in total. The molecule has 3 nitrogen and oxygen atoms in total. The molecule has 0 saturated carbocycles. The number of terminal acetylenes is 1. The van der Waals surface area contributed by atoms with Crippen molar-refractivity contribution in [3.8, 4) is 12.3 Å². The number of hydrogen-bond donors (Lipinski definition) is 1. The second-order valence-corrected chi connectivity index (χ2v) is 4.36. The SMILES string of the molecule is C#CC.C=C(C)C(O)(C(=O)OI)c1ccccc1.C=CC. The summed E-state index contributed by atoms with van der Waals surface area (Å²) < 4.78 is 4.55. The van der Waals surface area contributed by atoms with Crippen molar-refractivity contribution in [3.63, 3.8) is 0 Å². The summed E-state index contributed by atoms with van der Waals surface area (Å²) in [5.41, 5.74) is -0.975. The maximum absolute atomic E-state index is 11.5. The fourth-order valence-corrected chi connectivity index (χ4v) is 1.59. The molecule has 0 aromatic heterocycles. The van der Waals surface area contributed by atoms with Crippen molar-refractivity contribution in [1.29, 1.82) is 0 Å². The van der Waals surface area contributed by atoms with Crippen molar-refractivity contribution in [2.45, 2.75) is 26.4 Å². The van der Waals surface area contributed by atoms with E-state index in [9.17, 15) is 9.90 Å². The van der Waals surface area contributed by atoms with Crippen LogP contribution in [0.2, 0.25) is 0 Å². The van der Waals surface area contributed by atoms with Gasteiger partial charge in [-0.05, 0) is 31.9 Å². The highest BCUT2D eigenvalue weighted by Gasteiger charge is 2.40. The lowest BCUT2D eigenvalue weighted by Gasteiger charge is -2.25. The Bertz CT molecular complexity index is 489. The molecule has 0 radical (unpaired) electrons. The minimum absolute atomic E-state index is 0.329. The zero-order valence-corrected chi connectivity index (χ0v) is 14.8. The summed E-state index contributed by atoms with van der Waals surface area (Å²) in [6.07, 6.45) is 6.35. The van der Waals surface area contributed by atoms with Crippen LogP contribution in [0.3, 0.4) is 0 Å². The van der Waals surface area contributed by atoms with Gasteiger partial charge in [-0.2, -0.15) is 0 Å². The van der Waals surface area contributed by atoms with Gasteiger partial charge in [-0.1, -0.05) is 43.0 Å². The van der Waals surface area contributed by atoms with Crippen LogP contribution in [0.1, 0.15) is 26.3 Å². The van der Waals surface area contributed by atoms with E-state index in [1.54, 1.807) is 50.3 Å². The summed E-state index contributed by atoms with van der Waals surface area (Å²) in [7, 11) is 0. The van der Waals surface area contributed by atoms with E-state index in [0.717, 1.165) is 0 Å². The molecule has 1 aromatic rings. The van der Waals surface area contributed by atoms with E-state index in [4.69, 9.17) is 0 Å². The number of rotatable bonds is 3. The number of aliphatic hydroxyl groups is 1. The fraction of sp³-hybridized carbons (Fsp3) is 0.235. The number of benzene rings is 1. The van der Waals surface area contributed by atoms with Crippen molar-refractivity contribution in [1.82, 2.24) is 0 Å². The molecule has 1 aromatic carbocycles. The van der Waals surface area contributed by atoms with Crippen LogP contribution in [0, 0.1) is 12.3 Å². The Hall–Kier alpha value is -1.58. The maximum atomic E-state index is 11.5. The first-order chi connectivity index (χ1) is 9.86. The molecule has 0 aliphatic heterocycles. The number of carbonyl (C=O) groups is 1. The summed E-state index contributed by atoms with van der Waals surface area (Å²) in [4.78, 5) is 11.5. The molecule has 0 heterocycles. The zero-order valence-electron chi connectivity index (χ0n) is 12.6. The normalized spacial score (nSPS) is 11.0. The van der Waals surface area contributed by atoms with Gasteiger partial charge in [0.25, 0.3) is 0 Å². The van der Waals surface area contributed by atoms with Crippen molar-refractivity contribution < 1.29 is 13.0 Å². The van der Waals surface area contributed by atoms with Gasteiger partial charge in [-0.3, -0.25) is 0 Å². The molecular formula is C17H21IO3. The molecular weight excluding hydrogens is 379 g/mol. The van der Waals surface area contributed by atoms with Gasteiger partial charge in [0, 0.05) is 0 Å². The van der Waals surface area contributed by atoms with E-state index < -0.39 is 11.6 Å². The molecule has 21 heavy (non-hydrogen) atoms. The lowest BCUT2D eigenvalue weighted by molar-refractivity contribution is -0.148. The molecule has 0 saturated heterocycles. The highest BCUT2D eigenvalue weighted by atomic mass is 127. The minimum Gasteiger partial charge on any atom is -0.392 e. The molecule has 0 spiro atoms. The van der Waals surface area contributed by atoms with E-state index >= 15 is 0 Å². The Labute approximate surface area is 141 Å². The van der Waals surface area contributed by atoms with Crippen molar-refractivity contribution in [2.75, 3.05) is 0 Å². The summed E-state index contributed by atoms with van der Waals surface area (Å²) in [5.74, 6) is 1.52. The third kappa shape index (κ3) is 7.11. The number of carbonyl (C=O) groups excluding carboxylic acids is 1. The first-order valence-corrected chi connectivity index (χ1v) is 6.96. The monoisotopic (exact) mass is 400 g/mol. The Morgan fingerprint density at radius 1 is 1.48 bits per heavy atom. The van der Waals surface area contributed by atoms with Crippen molar-refractivity contribution in [2.24, 2.45) is 0 Å². The highest BCUT2D eigenvalue weighted by molar-refractivity contribution is 14.1. The number of hydrogen-bond acceptors (Lipinski definition) is 3. The van der Waals surface area contributed by atoms with Gasteiger partial charge in [0.1, 0.15) is 0 Å². The van der Waals surface area contributed by atoms with Crippen LogP contribution >= 0.6 is 23.0 Å². The van der Waals surface area contributed by atoms with Crippen LogP contribution in [0.15, 0.2) is 55.1 Å². The van der Waals surface area contributed by atoms with E-state index in [1.807, 2.05) is 6.92 Å². The fourth-order valence-electron chi connectivity index (χ4n) is 1.27. The molecule has 0 amide bonds. The van der Waals surface area contributed by atoms with Crippen LogP contribution in [0.5, 0.6) is 0 Å². The average molecular weight is 400 g/mol. The Kier molecular flexibility index (Phi) is 12.6. The van der Waals surface area contributed by atoms with E-state index in [1.165, 1.54) is 23.0 Å². The summed E-state index contributed by atoms with van der Waals surface area (Å²) in [6, 6.07) is 8.59. The minimum atomic E-state index is -1.76. The van der Waals surface area contributed by atoms with E-state index in [0.29, 0.717) is 11.1 Å². The van der Waals surface area contributed by atoms with Crippen LogP contribution in [-0.4, -0.2) is 11.1 Å². The summed E-state index contributed by atoms with van der Waals surface area (Å²) in [5, 5.41) is 10.2. The first-order valence-electron chi connectivity index (χ1n) is 6.07. The zero-order chi connectivity index (χ0) is 16.9. The number of allylic oxidation sites excluding steroid dienone is 1. The largest absolute Gasteiger partial charge is 0.392 e. The second-order valence-electron chi connectivity index (χ2n) is 3.92. The third-order valence-electron chi connectivity index (χ3n) is 2.17. The summed E-state index contributed by atoms with van der Waals surface area (Å²) in [6.45, 7) is 12.1. The van der Waals surface area contributed by atoms with Crippen molar-refractivity contribution >= 4 is 29.0 Å². The van der Waals surface area contributed by atoms with E-state index in [-0.39, 0.29) is 0 Å². The Balaban J connectivity index is 0. The quantitative estimate of drug-likeness (QED) is 0.471. The Morgan fingerprint density at radius 3 is 2.14 bits per heavy atom. The number of halogens is 1. The third-order valence-corrected chi connectivity index (χ3v) is 2.57. The van der Waals surface area contributed by atoms with Gasteiger partial charge in [0.15, 0.2) is 23.0 Å². The standard InChI is InChI=1S/C11H11IO3.C3H6.C3H4/c1-8(2)11(14,10(13)15-12)9-6-4-3-5-7-9;2*1-3-2/h3-7,14H,1H2,2H3;3H,1H2,2H3;1H,2H3. The van der Waals surface area contributed by atoms with Gasteiger partial charge >= 0.3 is 5.97 Å². The van der Waals surface area contributed by atoms with Crippen molar-refractivity contribution in [3.05, 3.63) is 60.7 Å². The molecule has 0 bridgehead atoms. The smallest absolute Gasteiger partial charge is 0.356 e. The Morgan fingerprint density at radius 2 is 1.86 bits per heavy atom. The van der Waals surface area contributed by atoms with Gasteiger partial charge in [-0.15, -0.1) is 18.9 Å². The van der Waals surface area contributed by atoms with E-state index in [2.05, 4.69) is 28.6 Å². The molecule has 1 rings (SSSR count). The molecule has 0 aliphatic carbocycles. The average Bonchev–Trinajstić information content (AvgIpc) is 2.48. The second kappa shape index (κ2) is 12.2. The molecule has 114 valence electrons.